The Morgan fingerprint density at radius 1 is 1.10 bits per heavy atom. The molecule has 0 N–H and O–H groups in total. The first-order chi connectivity index (χ1) is 9.72. The van der Waals surface area contributed by atoms with E-state index in [-0.39, 0.29) is 0 Å². The second kappa shape index (κ2) is 4.31. The molecule has 0 unspecified atom stereocenters. The summed E-state index contributed by atoms with van der Waals surface area (Å²) in [6, 6.07) is 6.02. The van der Waals surface area contributed by atoms with Crippen molar-refractivity contribution >= 4 is 12.4 Å². The van der Waals surface area contributed by atoms with E-state index < -0.39 is 0 Å². The van der Waals surface area contributed by atoms with Crippen LogP contribution in [-0.4, -0.2) is 6.29 Å². The molecule has 20 heavy (non-hydrogen) atoms. The minimum Gasteiger partial charge on any atom is -0.285 e. The van der Waals surface area contributed by atoms with Gasteiger partial charge in [0, 0.05) is 5.56 Å². The molecule has 4 bridgehead atoms. The number of benzene rings is 1. The Morgan fingerprint density at radius 3 is 2.20 bits per heavy atom. The molecule has 103 valence electrons. The average Bonchev–Trinajstić information content (AvgIpc) is 2.45. The smallest absolute Gasteiger partial charge is 0.233 e. The number of rotatable bonds is 3. The van der Waals surface area contributed by atoms with E-state index in [0.29, 0.717) is 11.0 Å². The average molecular weight is 265 g/mol. The fourth-order valence-corrected chi connectivity index (χ4v) is 5.70. The van der Waals surface area contributed by atoms with Crippen molar-refractivity contribution < 1.29 is 4.79 Å². The molecule has 1 radical (unpaired) electrons. The zero-order chi connectivity index (χ0) is 13.7. The van der Waals surface area contributed by atoms with Gasteiger partial charge in [0.2, 0.25) is 6.29 Å². The summed E-state index contributed by atoms with van der Waals surface area (Å²) >= 11 is 0. The lowest BCUT2D eigenvalue weighted by atomic mass is 9.47. The molecular weight excluding hydrogens is 244 g/mol. The van der Waals surface area contributed by atoms with Gasteiger partial charge >= 0.3 is 0 Å². The third-order valence-electron chi connectivity index (χ3n) is 6.00. The first kappa shape index (κ1) is 12.4. The van der Waals surface area contributed by atoms with Crippen molar-refractivity contribution in [3.8, 4) is 0 Å². The molecule has 4 aliphatic rings. The highest BCUT2D eigenvalue weighted by Gasteiger charge is 2.52. The van der Waals surface area contributed by atoms with Gasteiger partial charge in [-0.2, -0.15) is 0 Å². The summed E-state index contributed by atoms with van der Waals surface area (Å²) in [7, 11) is 0. The summed E-state index contributed by atoms with van der Waals surface area (Å²) in [4.78, 5) is 11.0. The number of carbonyl (C=O) groups excluding carboxylic acids is 1. The molecule has 0 saturated heterocycles. The summed E-state index contributed by atoms with van der Waals surface area (Å²) < 4.78 is 0. The maximum Gasteiger partial charge on any atom is 0.233 e. The van der Waals surface area contributed by atoms with E-state index in [1.807, 2.05) is 12.1 Å². The molecule has 1 aromatic rings. The number of hydrogen-bond donors (Lipinski definition) is 0. The van der Waals surface area contributed by atoms with Crippen molar-refractivity contribution in [1.82, 2.24) is 0 Å². The van der Waals surface area contributed by atoms with Gasteiger partial charge in [-0.3, -0.25) is 4.79 Å². The maximum absolute atomic E-state index is 11.0. The van der Waals surface area contributed by atoms with Crippen molar-refractivity contribution in [3.63, 3.8) is 0 Å². The van der Waals surface area contributed by atoms with Gasteiger partial charge in [0.1, 0.15) is 0 Å². The van der Waals surface area contributed by atoms with E-state index in [1.54, 1.807) is 0 Å². The topological polar surface area (TPSA) is 17.1 Å². The normalized spacial score (nSPS) is 37.9. The quantitative estimate of drug-likeness (QED) is 0.798. The fourth-order valence-electron chi connectivity index (χ4n) is 5.70. The Balaban J connectivity index is 1.83. The molecule has 0 spiro atoms. The van der Waals surface area contributed by atoms with Gasteiger partial charge in [-0.15, -0.1) is 0 Å². The predicted molar refractivity (Wildman–Crippen MR) is 81.2 cm³/mol. The van der Waals surface area contributed by atoms with Crippen LogP contribution in [0.4, 0.5) is 0 Å². The third-order valence-corrected chi connectivity index (χ3v) is 6.00. The highest BCUT2D eigenvalue weighted by Crippen LogP contribution is 2.61. The molecule has 5 rings (SSSR count). The van der Waals surface area contributed by atoms with E-state index in [0.717, 1.165) is 17.8 Å². The van der Waals surface area contributed by atoms with E-state index in [9.17, 15) is 4.79 Å². The van der Waals surface area contributed by atoms with Gasteiger partial charge in [0.05, 0.1) is 0 Å². The van der Waals surface area contributed by atoms with Crippen LogP contribution < -0.4 is 0 Å². The molecule has 4 fully saturated rings. The van der Waals surface area contributed by atoms with Gasteiger partial charge < -0.3 is 0 Å². The van der Waals surface area contributed by atoms with Gasteiger partial charge in [0.15, 0.2) is 0 Å². The van der Waals surface area contributed by atoms with E-state index in [4.69, 9.17) is 0 Å². The highest BCUT2D eigenvalue weighted by molar-refractivity contribution is 5.77. The largest absolute Gasteiger partial charge is 0.285 e. The molecule has 0 aromatic heterocycles. The van der Waals surface area contributed by atoms with Crippen LogP contribution >= 0.6 is 0 Å². The molecule has 1 heteroatoms. The Kier molecular flexibility index (Phi) is 2.67. The molecule has 0 aliphatic heterocycles. The van der Waals surface area contributed by atoms with Gasteiger partial charge in [-0.1, -0.05) is 24.8 Å². The van der Waals surface area contributed by atoms with E-state index in [1.165, 1.54) is 49.7 Å². The zero-order valence-electron chi connectivity index (χ0n) is 11.9. The monoisotopic (exact) mass is 265 g/mol. The first-order valence-electron chi connectivity index (χ1n) is 7.87. The lowest BCUT2D eigenvalue weighted by molar-refractivity contribution is -0.00527. The zero-order valence-corrected chi connectivity index (χ0v) is 11.9. The van der Waals surface area contributed by atoms with Crippen LogP contribution in [0.25, 0.3) is 6.08 Å². The Labute approximate surface area is 121 Å². The standard InChI is InChI=1S/C19H21O/c1-2-17-4-3-13(12-20)8-18(17)19-9-14-5-15(10-19)7-16(6-14)11-19/h2-4,8,14-16H,1,5-7,9-11H2. The van der Waals surface area contributed by atoms with Gasteiger partial charge in [-0.25, -0.2) is 0 Å². The van der Waals surface area contributed by atoms with Gasteiger partial charge in [-0.05, 0) is 78.9 Å². The van der Waals surface area contributed by atoms with Crippen LogP contribution in [0.2, 0.25) is 0 Å². The SMILES string of the molecule is C=Cc1ccc([C]=O)cc1C12CC3CC(CC(C3)C1)C2. The third kappa shape index (κ3) is 1.72. The van der Waals surface area contributed by atoms with Crippen molar-refractivity contribution in [1.29, 1.82) is 0 Å². The summed E-state index contributed by atoms with van der Waals surface area (Å²) in [5.74, 6) is 2.76. The maximum atomic E-state index is 11.0. The van der Waals surface area contributed by atoms with E-state index >= 15 is 0 Å². The molecule has 1 nitrogen and oxygen atoms in total. The van der Waals surface area contributed by atoms with Crippen molar-refractivity contribution in [2.24, 2.45) is 17.8 Å². The lowest BCUT2D eigenvalue weighted by Crippen LogP contribution is -2.48. The molecule has 0 heterocycles. The van der Waals surface area contributed by atoms with Crippen molar-refractivity contribution in [2.75, 3.05) is 0 Å². The van der Waals surface area contributed by atoms with Crippen LogP contribution in [0.5, 0.6) is 0 Å². The van der Waals surface area contributed by atoms with Crippen LogP contribution in [0, 0.1) is 17.8 Å². The minimum absolute atomic E-state index is 0.325. The summed E-state index contributed by atoms with van der Waals surface area (Å²) in [6.45, 7) is 3.98. The summed E-state index contributed by atoms with van der Waals surface area (Å²) in [5.41, 5.74) is 3.63. The highest BCUT2D eigenvalue weighted by atomic mass is 16.1. The molecule has 0 atom stereocenters. The second-order valence-electron chi connectivity index (χ2n) is 7.31. The molecular formula is C19H21O. The fraction of sp³-hybridized carbons (Fsp3) is 0.526. The minimum atomic E-state index is 0.325. The van der Waals surface area contributed by atoms with Crippen LogP contribution in [0.15, 0.2) is 24.8 Å². The summed E-state index contributed by atoms with van der Waals surface area (Å²) in [5, 5.41) is 0. The van der Waals surface area contributed by atoms with Crippen LogP contribution in [0.1, 0.15) is 55.2 Å². The van der Waals surface area contributed by atoms with Crippen LogP contribution in [0.3, 0.4) is 0 Å². The number of hydrogen-bond acceptors (Lipinski definition) is 1. The van der Waals surface area contributed by atoms with Crippen LogP contribution in [-0.2, 0) is 10.2 Å². The summed E-state index contributed by atoms with van der Waals surface area (Å²) in [6.07, 6.45) is 12.3. The first-order valence-corrected chi connectivity index (χ1v) is 7.87. The van der Waals surface area contributed by atoms with Crippen molar-refractivity contribution in [2.45, 2.75) is 43.9 Å². The molecule has 4 saturated carbocycles. The van der Waals surface area contributed by atoms with Gasteiger partial charge in [0.25, 0.3) is 0 Å². The molecule has 4 aliphatic carbocycles. The Morgan fingerprint density at radius 2 is 1.70 bits per heavy atom. The Bertz CT molecular complexity index is 534. The Hall–Kier alpha value is -1.37. The molecule has 1 aromatic carbocycles. The predicted octanol–water partition coefficient (Wildman–Crippen LogP) is 4.26. The second-order valence-corrected chi connectivity index (χ2v) is 7.31. The van der Waals surface area contributed by atoms with Crippen molar-refractivity contribution in [3.05, 3.63) is 41.5 Å². The van der Waals surface area contributed by atoms with E-state index in [2.05, 4.69) is 25.0 Å². The molecule has 0 amide bonds. The lowest BCUT2D eigenvalue weighted by Gasteiger charge is -2.57.